The zero-order chi connectivity index (χ0) is 18.4. The van der Waals surface area contributed by atoms with Crippen molar-refractivity contribution in [3.63, 3.8) is 0 Å². The first-order valence-corrected chi connectivity index (χ1v) is 10.00. The second-order valence-electron chi connectivity index (χ2n) is 6.18. The predicted octanol–water partition coefficient (Wildman–Crippen LogP) is 2.13. The van der Waals surface area contributed by atoms with Crippen LogP contribution in [0.2, 0.25) is 0 Å². The van der Waals surface area contributed by atoms with E-state index in [1.54, 1.807) is 42.9 Å². The lowest BCUT2D eigenvalue weighted by Gasteiger charge is -2.15. The van der Waals surface area contributed by atoms with Crippen molar-refractivity contribution >= 4 is 20.8 Å². The summed E-state index contributed by atoms with van der Waals surface area (Å²) in [5, 5.41) is 5.03. The Labute approximate surface area is 153 Å². The van der Waals surface area contributed by atoms with Gasteiger partial charge in [0.2, 0.25) is 10.0 Å². The molecule has 3 rings (SSSR count). The quantitative estimate of drug-likeness (QED) is 0.594. The summed E-state index contributed by atoms with van der Waals surface area (Å²) < 4.78 is 27.9. The molecule has 2 N–H and O–H groups in total. The minimum atomic E-state index is -3.56. The highest BCUT2D eigenvalue weighted by Crippen LogP contribution is 2.18. The van der Waals surface area contributed by atoms with Crippen LogP contribution >= 0.6 is 0 Å². The summed E-state index contributed by atoms with van der Waals surface area (Å²) in [6.45, 7) is 3.13. The van der Waals surface area contributed by atoms with Crippen molar-refractivity contribution in [3.8, 4) is 0 Å². The highest BCUT2D eigenvalue weighted by atomic mass is 32.2. The molecule has 26 heavy (non-hydrogen) atoms. The summed E-state index contributed by atoms with van der Waals surface area (Å²) in [6, 6.07) is 12.4. The van der Waals surface area contributed by atoms with Crippen LogP contribution in [0.3, 0.4) is 0 Å². The molecule has 0 saturated carbocycles. The molecular weight excluding hydrogens is 348 g/mol. The van der Waals surface area contributed by atoms with Crippen molar-refractivity contribution in [3.05, 3.63) is 66.7 Å². The van der Waals surface area contributed by atoms with Crippen molar-refractivity contribution in [2.45, 2.75) is 24.3 Å². The second kappa shape index (κ2) is 8.35. The minimum Gasteiger partial charge on any atom is -0.315 e. The fourth-order valence-electron chi connectivity index (χ4n) is 2.68. The Morgan fingerprint density at radius 3 is 2.77 bits per heavy atom. The molecule has 0 aliphatic rings. The fourth-order valence-corrected chi connectivity index (χ4v) is 3.96. The summed E-state index contributed by atoms with van der Waals surface area (Å²) in [5.74, 6) is 0. The molecule has 7 heteroatoms. The number of nitrogens with zero attached hydrogens (tertiary/aromatic N) is 2. The molecule has 0 saturated heterocycles. The maximum atomic E-state index is 12.6. The smallest absolute Gasteiger partial charge is 0.240 e. The molecule has 6 nitrogen and oxygen atoms in total. The van der Waals surface area contributed by atoms with Gasteiger partial charge in [0.1, 0.15) is 0 Å². The summed E-state index contributed by atoms with van der Waals surface area (Å²) in [5.41, 5.74) is 1.01. The van der Waals surface area contributed by atoms with Gasteiger partial charge in [-0.2, -0.15) is 0 Å². The number of sulfonamides is 1. The second-order valence-corrected chi connectivity index (χ2v) is 7.90. The summed E-state index contributed by atoms with van der Waals surface area (Å²) in [6.07, 6.45) is 5.94. The number of aromatic nitrogens is 2. The van der Waals surface area contributed by atoms with Crippen molar-refractivity contribution in [2.75, 3.05) is 13.1 Å². The minimum absolute atomic E-state index is 0.225. The first-order valence-electron chi connectivity index (χ1n) is 8.51. The molecule has 0 aliphatic heterocycles. The molecule has 2 aromatic heterocycles. The third-order valence-corrected chi connectivity index (χ3v) is 5.60. The monoisotopic (exact) mass is 370 g/mol. The van der Waals surface area contributed by atoms with Crippen LogP contribution in [0.25, 0.3) is 10.8 Å². The summed E-state index contributed by atoms with van der Waals surface area (Å²) in [7, 11) is -3.56. The Hall–Kier alpha value is -2.35. The lowest BCUT2D eigenvalue weighted by molar-refractivity contribution is 0.537. The third kappa shape index (κ3) is 4.85. The van der Waals surface area contributed by atoms with Crippen LogP contribution < -0.4 is 10.0 Å². The first kappa shape index (κ1) is 18.4. The third-order valence-electron chi connectivity index (χ3n) is 4.01. The van der Waals surface area contributed by atoms with E-state index in [-0.39, 0.29) is 10.9 Å². The molecule has 1 unspecified atom stereocenters. The molecule has 0 spiro atoms. The maximum Gasteiger partial charge on any atom is 0.240 e. The van der Waals surface area contributed by atoms with Crippen LogP contribution in [0.1, 0.15) is 12.6 Å². The van der Waals surface area contributed by atoms with E-state index in [0.717, 1.165) is 29.4 Å². The molecule has 2 heterocycles. The average Bonchev–Trinajstić information content (AvgIpc) is 2.65. The van der Waals surface area contributed by atoms with Crippen LogP contribution in [-0.4, -0.2) is 37.5 Å². The molecule has 3 aromatic rings. The van der Waals surface area contributed by atoms with Gasteiger partial charge in [-0.25, -0.2) is 13.1 Å². The Kier molecular flexibility index (Phi) is 5.92. The van der Waals surface area contributed by atoms with Gasteiger partial charge in [-0.15, -0.1) is 0 Å². The van der Waals surface area contributed by atoms with Gasteiger partial charge in [0.05, 0.1) is 4.90 Å². The normalized spacial score (nSPS) is 13.0. The van der Waals surface area contributed by atoms with Crippen molar-refractivity contribution in [1.29, 1.82) is 0 Å². The van der Waals surface area contributed by atoms with E-state index in [1.807, 2.05) is 25.1 Å². The van der Waals surface area contributed by atoms with Crippen molar-refractivity contribution in [1.82, 2.24) is 20.0 Å². The van der Waals surface area contributed by atoms with Gasteiger partial charge < -0.3 is 5.32 Å². The van der Waals surface area contributed by atoms with Gasteiger partial charge >= 0.3 is 0 Å². The van der Waals surface area contributed by atoms with Crippen LogP contribution in [0.15, 0.2) is 66.0 Å². The molecule has 1 atom stereocenters. The number of hydrogen-bond acceptors (Lipinski definition) is 5. The summed E-state index contributed by atoms with van der Waals surface area (Å²) >= 11 is 0. The van der Waals surface area contributed by atoms with E-state index in [1.165, 1.54) is 0 Å². The van der Waals surface area contributed by atoms with E-state index in [2.05, 4.69) is 20.0 Å². The van der Waals surface area contributed by atoms with Gasteiger partial charge in [-0.1, -0.05) is 12.1 Å². The largest absolute Gasteiger partial charge is 0.315 e. The van der Waals surface area contributed by atoms with Crippen molar-refractivity contribution < 1.29 is 8.42 Å². The number of rotatable bonds is 8. The standard InChI is InChI=1S/C19H22N4O2S/c1-15(13-20-11-8-18-4-2-3-9-22-18)23-26(24,25)19-6-5-17-14-21-10-7-16(17)12-19/h2-7,9-10,12,14-15,20,23H,8,11,13H2,1H3. The van der Waals surface area contributed by atoms with E-state index >= 15 is 0 Å². The van der Waals surface area contributed by atoms with E-state index in [4.69, 9.17) is 0 Å². The van der Waals surface area contributed by atoms with Crippen LogP contribution in [0.4, 0.5) is 0 Å². The number of benzene rings is 1. The lowest BCUT2D eigenvalue weighted by atomic mass is 10.2. The van der Waals surface area contributed by atoms with Crippen LogP contribution in [-0.2, 0) is 16.4 Å². The summed E-state index contributed by atoms with van der Waals surface area (Å²) in [4.78, 5) is 8.56. The van der Waals surface area contributed by atoms with Gasteiger partial charge in [0, 0.05) is 55.2 Å². The van der Waals surface area contributed by atoms with E-state index in [0.29, 0.717) is 6.54 Å². The Morgan fingerprint density at radius 1 is 1.08 bits per heavy atom. The number of pyridine rings is 2. The Bertz CT molecular complexity index is 961. The molecule has 0 bridgehead atoms. The number of fused-ring (bicyclic) bond motifs is 1. The lowest BCUT2D eigenvalue weighted by Crippen LogP contribution is -2.40. The predicted molar refractivity (Wildman–Crippen MR) is 102 cm³/mol. The highest BCUT2D eigenvalue weighted by Gasteiger charge is 2.17. The molecule has 0 fully saturated rings. The SMILES string of the molecule is CC(CNCCc1ccccn1)NS(=O)(=O)c1ccc2cnccc2c1. The van der Waals surface area contributed by atoms with Crippen molar-refractivity contribution in [2.24, 2.45) is 0 Å². The first-order chi connectivity index (χ1) is 12.5. The molecule has 1 aromatic carbocycles. The molecular formula is C19H22N4O2S. The topological polar surface area (TPSA) is 84.0 Å². The molecule has 136 valence electrons. The van der Waals surface area contributed by atoms with Gasteiger partial charge in [-0.05, 0) is 42.6 Å². The van der Waals surface area contributed by atoms with Gasteiger partial charge in [-0.3, -0.25) is 9.97 Å². The molecule has 0 radical (unpaired) electrons. The van der Waals surface area contributed by atoms with E-state index < -0.39 is 10.0 Å². The van der Waals surface area contributed by atoms with Crippen LogP contribution in [0, 0.1) is 0 Å². The molecule has 0 aliphatic carbocycles. The number of hydrogen-bond donors (Lipinski definition) is 2. The zero-order valence-electron chi connectivity index (χ0n) is 14.6. The Balaban J connectivity index is 1.54. The zero-order valence-corrected chi connectivity index (χ0v) is 15.4. The fraction of sp³-hybridized carbons (Fsp3) is 0.263. The van der Waals surface area contributed by atoms with Gasteiger partial charge in [0.25, 0.3) is 0 Å². The number of nitrogens with one attached hydrogen (secondary N) is 2. The van der Waals surface area contributed by atoms with E-state index in [9.17, 15) is 8.42 Å². The van der Waals surface area contributed by atoms with Gasteiger partial charge in [0.15, 0.2) is 0 Å². The molecule has 0 amide bonds. The van der Waals surface area contributed by atoms with Crippen LogP contribution in [0.5, 0.6) is 0 Å². The Morgan fingerprint density at radius 2 is 1.96 bits per heavy atom. The average molecular weight is 370 g/mol. The maximum absolute atomic E-state index is 12.6. The highest BCUT2D eigenvalue weighted by molar-refractivity contribution is 7.89.